The van der Waals surface area contributed by atoms with Gasteiger partial charge in [-0.05, 0) is 71.2 Å². The van der Waals surface area contributed by atoms with Crippen molar-refractivity contribution in [2.75, 3.05) is 19.6 Å². The third kappa shape index (κ3) is 6.91. The molecule has 11 heteroatoms. The first kappa shape index (κ1) is 31.9. The van der Waals surface area contributed by atoms with E-state index >= 15 is 0 Å². The molecule has 0 radical (unpaired) electrons. The summed E-state index contributed by atoms with van der Waals surface area (Å²) in [5.41, 5.74) is 1.95. The molecular formula is C33H42ClFN6O3. The minimum absolute atomic E-state index is 0.0448. The molecule has 2 aliphatic rings. The average molecular weight is 625 g/mol. The van der Waals surface area contributed by atoms with Gasteiger partial charge in [-0.25, -0.2) is 13.9 Å². The van der Waals surface area contributed by atoms with Crippen molar-refractivity contribution in [2.45, 2.75) is 90.2 Å². The van der Waals surface area contributed by atoms with Crippen molar-refractivity contribution in [3.8, 4) is 0 Å². The quantitative estimate of drug-likeness (QED) is 0.340. The number of piperazine rings is 1. The smallest absolute Gasteiger partial charge is 0.410 e. The van der Waals surface area contributed by atoms with Crippen molar-refractivity contribution in [3.05, 3.63) is 82.4 Å². The minimum Gasteiger partial charge on any atom is -0.444 e. The van der Waals surface area contributed by atoms with Crippen LogP contribution in [0, 0.1) is 5.82 Å². The maximum Gasteiger partial charge on any atom is 0.410 e. The highest BCUT2D eigenvalue weighted by Gasteiger charge is 2.47. The third-order valence-corrected chi connectivity index (χ3v) is 8.96. The van der Waals surface area contributed by atoms with Gasteiger partial charge in [0.1, 0.15) is 17.5 Å². The Morgan fingerprint density at radius 2 is 1.77 bits per heavy atom. The molecule has 0 N–H and O–H groups in total. The predicted octanol–water partition coefficient (Wildman–Crippen LogP) is 5.89. The molecule has 2 fully saturated rings. The van der Waals surface area contributed by atoms with Gasteiger partial charge in [-0.1, -0.05) is 53.2 Å². The summed E-state index contributed by atoms with van der Waals surface area (Å²) in [6, 6.07) is 13.6. The Labute approximate surface area is 263 Å². The number of amides is 2. The van der Waals surface area contributed by atoms with E-state index in [0.29, 0.717) is 37.6 Å². The number of hydrogen-bond donors (Lipinski definition) is 0. The van der Waals surface area contributed by atoms with Crippen molar-refractivity contribution in [2.24, 2.45) is 0 Å². The molecule has 3 aromatic rings. The third-order valence-electron chi connectivity index (χ3n) is 8.63. The fraction of sp³-hybridized carbons (Fsp3) is 0.515. The van der Waals surface area contributed by atoms with Crippen LogP contribution in [0.5, 0.6) is 0 Å². The van der Waals surface area contributed by atoms with Gasteiger partial charge in [0.2, 0.25) is 5.91 Å². The summed E-state index contributed by atoms with van der Waals surface area (Å²) < 4.78 is 21.0. The van der Waals surface area contributed by atoms with E-state index < -0.39 is 17.7 Å². The monoisotopic (exact) mass is 624 g/mol. The van der Waals surface area contributed by atoms with E-state index in [1.807, 2.05) is 69.1 Å². The second-order valence-corrected chi connectivity index (χ2v) is 13.5. The lowest BCUT2D eigenvalue weighted by Crippen LogP contribution is -2.61. The second kappa shape index (κ2) is 12.9. The van der Waals surface area contributed by atoms with Gasteiger partial charge in [0.25, 0.3) is 0 Å². The molecule has 2 unspecified atom stereocenters. The molecule has 44 heavy (non-hydrogen) atoms. The Hall–Kier alpha value is -3.50. The number of nitrogens with zero attached hydrogens (tertiary/aromatic N) is 6. The van der Waals surface area contributed by atoms with E-state index in [9.17, 15) is 14.0 Å². The van der Waals surface area contributed by atoms with Crippen molar-refractivity contribution in [1.82, 2.24) is 29.7 Å². The van der Waals surface area contributed by atoms with Crippen LogP contribution in [0.1, 0.15) is 76.7 Å². The van der Waals surface area contributed by atoms with Crippen molar-refractivity contribution < 1.29 is 18.7 Å². The standard InChI is InChI=1S/C33H42ClFN6O3/c1-21-17-38(31(42)30-28(24-10-8-7-9-11-24)14-15-39(30)32(43)44-33(4,5)6)18-22(2)40(21)19-26-20-41(37-36-26)23(3)27-13-12-25(35)16-29(27)34/h7-13,16,20-23,28,30H,14-15,17-19H2,1-6H3/t21-,22+,23-,28?,30?/m0/s1. The summed E-state index contributed by atoms with van der Waals surface area (Å²) in [5, 5.41) is 9.08. The number of carbonyl (C=O) groups is 2. The molecule has 5 atom stereocenters. The maximum atomic E-state index is 14.3. The average Bonchev–Trinajstić information content (AvgIpc) is 3.62. The largest absolute Gasteiger partial charge is 0.444 e. The fourth-order valence-electron chi connectivity index (χ4n) is 6.45. The van der Waals surface area contributed by atoms with Crippen LogP contribution in [0.25, 0.3) is 0 Å². The second-order valence-electron chi connectivity index (χ2n) is 13.1. The Morgan fingerprint density at radius 1 is 1.09 bits per heavy atom. The molecule has 0 spiro atoms. The molecule has 1 aromatic heterocycles. The molecule has 0 bridgehead atoms. The Kier molecular flexibility index (Phi) is 9.32. The molecule has 2 aliphatic heterocycles. The van der Waals surface area contributed by atoms with Crippen LogP contribution < -0.4 is 0 Å². The molecule has 5 rings (SSSR count). The Balaban J connectivity index is 1.29. The lowest BCUT2D eigenvalue weighted by molar-refractivity contribution is -0.141. The van der Waals surface area contributed by atoms with E-state index in [1.54, 1.807) is 15.6 Å². The first-order valence-electron chi connectivity index (χ1n) is 15.3. The summed E-state index contributed by atoms with van der Waals surface area (Å²) in [6.45, 7) is 13.8. The van der Waals surface area contributed by atoms with Gasteiger partial charge in [0, 0.05) is 49.2 Å². The molecular weight excluding hydrogens is 583 g/mol. The molecule has 2 saturated heterocycles. The van der Waals surface area contributed by atoms with Crippen LogP contribution >= 0.6 is 11.6 Å². The van der Waals surface area contributed by atoms with Crippen LogP contribution in [0.15, 0.2) is 54.7 Å². The predicted molar refractivity (Wildman–Crippen MR) is 167 cm³/mol. The highest BCUT2D eigenvalue weighted by Crippen LogP contribution is 2.36. The van der Waals surface area contributed by atoms with Crippen molar-refractivity contribution >= 4 is 23.6 Å². The first-order valence-corrected chi connectivity index (χ1v) is 15.6. The van der Waals surface area contributed by atoms with Crippen LogP contribution in [-0.4, -0.2) is 85.1 Å². The lowest BCUT2D eigenvalue weighted by Gasteiger charge is -2.45. The van der Waals surface area contributed by atoms with E-state index in [0.717, 1.165) is 16.8 Å². The number of benzene rings is 2. The summed E-state index contributed by atoms with van der Waals surface area (Å²) in [4.78, 5) is 33.4. The number of ether oxygens (including phenoxy) is 1. The zero-order valence-electron chi connectivity index (χ0n) is 26.3. The van der Waals surface area contributed by atoms with Gasteiger partial charge in [-0.15, -0.1) is 5.10 Å². The van der Waals surface area contributed by atoms with Gasteiger partial charge in [-0.2, -0.15) is 0 Å². The van der Waals surface area contributed by atoms with Crippen LogP contribution in [-0.2, 0) is 16.1 Å². The summed E-state index contributed by atoms with van der Waals surface area (Å²) >= 11 is 6.29. The number of likely N-dealkylation sites (tertiary alicyclic amines) is 1. The van der Waals surface area contributed by atoms with Crippen LogP contribution in [0.2, 0.25) is 5.02 Å². The lowest BCUT2D eigenvalue weighted by atomic mass is 9.90. The molecule has 3 heterocycles. The molecule has 236 valence electrons. The zero-order chi connectivity index (χ0) is 31.8. The van der Waals surface area contributed by atoms with Gasteiger partial charge < -0.3 is 9.64 Å². The Bertz CT molecular complexity index is 1470. The molecule has 9 nitrogen and oxygen atoms in total. The molecule has 2 aromatic carbocycles. The van der Waals surface area contributed by atoms with E-state index in [-0.39, 0.29) is 35.8 Å². The maximum absolute atomic E-state index is 14.3. The Morgan fingerprint density at radius 3 is 2.41 bits per heavy atom. The highest BCUT2D eigenvalue weighted by molar-refractivity contribution is 6.31. The van der Waals surface area contributed by atoms with Gasteiger partial charge in [0.05, 0.1) is 17.9 Å². The van der Waals surface area contributed by atoms with E-state index in [2.05, 4.69) is 29.1 Å². The summed E-state index contributed by atoms with van der Waals surface area (Å²) in [6.07, 6.45) is 2.14. The fourth-order valence-corrected chi connectivity index (χ4v) is 6.78. The van der Waals surface area contributed by atoms with Gasteiger partial charge in [0.15, 0.2) is 0 Å². The summed E-state index contributed by atoms with van der Waals surface area (Å²) in [7, 11) is 0. The van der Waals surface area contributed by atoms with Crippen LogP contribution in [0.4, 0.5) is 9.18 Å². The van der Waals surface area contributed by atoms with Gasteiger partial charge in [-0.3, -0.25) is 14.6 Å². The topological polar surface area (TPSA) is 83.8 Å². The molecule has 2 amide bonds. The van der Waals surface area contributed by atoms with Crippen molar-refractivity contribution in [3.63, 3.8) is 0 Å². The number of halogens is 2. The van der Waals surface area contributed by atoms with Crippen molar-refractivity contribution in [1.29, 1.82) is 0 Å². The number of hydrogen-bond acceptors (Lipinski definition) is 6. The SMILES string of the molecule is C[C@@H]1CN(C(=O)C2C(c3ccccc3)CCN2C(=O)OC(C)(C)C)C[C@H](C)N1Cc1cn([C@@H](C)c2ccc(F)cc2Cl)nn1. The molecule has 0 saturated carbocycles. The molecule has 0 aliphatic carbocycles. The zero-order valence-corrected chi connectivity index (χ0v) is 27.0. The van der Waals surface area contributed by atoms with Gasteiger partial charge >= 0.3 is 6.09 Å². The normalized spacial score (nSPS) is 23.5. The number of carbonyl (C=O) groups excluding carboxylic acids is 2. The van der Waals surface area contributed by atoms with E-state index in [1.165, 1.54) is 12.1 Å². The highest BCUT2D eigenvalue weighted by atomic mass is 35.5. The van der Waals surface area contributed by atoms with E-state index in [4.69, 9.17) is 16.3 Å². The minimum atomic E-state index is -0.658. The number of aromatic nitrogens is 3. The van der Waals surface area contributed by atoms with Crippen LogP contribution in [0.3, 0.4) is 0 Å². The number of rotatable bonds is 6. The first-order chi connectivity index (χ1) is 20.8. The summed E-state index contributed by atoms with van der Waals surface area (Å²) in [5.74, 6) is -0.532.